The lowest BCUT2D eigenvalue weighted by Crippen LogP contribution is -2.01. The normalized spacial score (nSPS) is 10.8. The van der Waals surface area contributed by atoms with Gasteiger partial charge in [-0.2, -0.15) is 0 Å². The van der Waals surface area contributed by atoms with Gasteiger partial charge in [0.2, 0.25) is 0 Å². The summed E-state index contributed by atoms with van der Waals surface area (Å²) in [5.74, 6) is 0.483. The molecule has 0 aliphatic heterocycles. The van der Waals surface area contributed by atoms with Crippen molar-refractivity contribution in [3.8, 4) is 22.8 Å². The number of carboxylic acid groups (broad SMARTS) is 1. The molecular weight excluding hydrogens is 354 g/mol. The van der Waals surface area contributed by atoms with E-state index in [0.29, 0.717) is 27.3 Å². The molecule has 2 rings (SSSR count). The van der Waals surface area contributed by atoms with Crippen LogP contribution in [0.25, 0.3) is 11.3 Å². The maximum absolute atomic E-state index is 11.0. The first-order chi connectivity index (χ1) is 10.4. The number of methoxy groups -OCH3 is 2. The number of carboxylic acids is 1. The van der Waals surface area contributed by atoms with Gasteiger partial charge < -0.3 is 19.1 Å². The highest BCUT2D eigenvalue weighted by Crippen LogP contribution is 2.46. The molecular formula is C15H16BrNO5. The average molecular weight is 370 g/mol. The van der Waals surface area contributed by atoms with Crippen molar-refractivity contribution in [3.05, 3.63) is 27.9 Å². The van der Waals surface area contributed by atoms with Crippen LogP contribution in [-0.4, -0.2) is 30.5 Å². The van der Waals surface area contributed by atoms with Crippen LogP contribution in [0.1, 0.15) is 35.8 Å². The molecule has 0 saturated carbocycles. The Morgan fingerprint density at radius 3 is 2.36 bits per heavy atom. The van der Waals surface area contributed by atoms with Crippen LogP contribution in [-0.2, 0) is 0 Å². The largest absolute Gasteiger partial charge is 0.492 e. The molecule has 22 heavy (non-hydrogen) atoms. The SMILES string of the molecule is COc1c(Br)cc(-c2cc(C(=O)O)no2)c(C(C)C)c1OC. The minimum Gasteiger partial charge on any atom is -0.492 e. The molecule has 7 heteroatoms. The van der Waals surface area contributed by atoms with Crippen LogP contribution in [0.15, 0.2) is 21.1 Å². The summed E-state index contributed by atoms with van der Waals surface area (Å²) in [6, 6.07) is 3.20. The predicted molar refractivity (Wildman–Crippen MR) is 83.8 cm³/mol. The fourth-order valence-electron chi connectivity index (χ4n) is 2.30. The quantitative estimate of drug-likeness (QED) is 0.859. The van der Waals surface area contributed by atoms with Crippen molar-refractivity contribution in [2.75, 3.05) is 14.2 Å². The molecule has 0 aliphatic rings. The molecule has 0 spiro atoms. The van der Waals surface area contributed by atoms with E-state index < -0.39 is 5.97 Å². The molecule has 0 bridgehead atoms. The zero-order valence-corrected chi connectivity index (χ0v) is 14.2. The van der Waals surface area contributed by atoms with Gasteiger partial charge in [0, 0.05) is 17.2 Å². The molecule has 0 atom stereocenters. The summed E-state index contributed by atoms with van der Waals surface area (Å²) in [6.07, 6.45) is 0. The van der Waals surface area contributed by atoms with Crippen LogP contribution < -0.4 is 9.47 Å². The number of rotatable bonds is 5. The molecule has 1 aromatic heterocycles. The summed E-state index contributed by atoms with van der Waals surface area (Å²) in [5, 5.41) is 12.5. The summed E-state index contributed by atoms with van der Waals surface area (Å²) in [6.45, 7) is 4.01. The second kappa shape index (κ2) is 6.39. The standard InChI is InChI=1S/C15H16BrNO5/c1-7(2)12-8(11-6-10(15(18)19)17-22-11)5-9(16)13(20-3)14(12)21-4/h5-7H,1-4H3,(H,18,19). The lowest BCUT2D eigenvalue weighted by atomic mass is 9.94. The van der Waals surface area contributed by atoms with Crippen LogP contribution in [0.5, 0.6) is 11.5 Å². The van der Waals surface area contributed by atoms with Crippen molar-refractivity contribution in [3.63, 3.8) is 0 Å². The molecule has 0 fully saturated rings. The van der Waals surface area contributed by atoms with E-state index in [1.807, 2.05) is 19.9 Å². The predicted octanol–water partition coefficient (Wildman–Crippen LogP) is 3.94. The molecule has 0 unspecified atom stereocenters. The molecule has 1 aromatic carbocycles. The molecule has 118 valence electrons. The van der Waals surface area contributed by atoms with E-state index in [1.54, 1.807) is 14.2 Å². The number of benzene rings is 1. The number of carbonyl (C=O) groups is 1. The van der Waals surface area contributed by atoms with Crippen LogP contribution in [0.3, 0.4) is 0 Å². The van der Waals surface area contributed by atoms with E-state index in [9.17, 15) is 4.79 Å². The molecule has 1 N–H and O–H groups in total. The first-order valence-corrected chi connectivity index (χ1v) is 7.34. The van der Waals surface area contributed by atoms with Gasteiger partial charge in [-0.15, -0.1) is 0 Å². The van der Waals surface area contributed by atoms with E-state index in [4.69, 9.17) is 19.1 Å². The Labute approximate surface area is 136 Å². The zero-order valence-electron chi connectivity index (χ0n) is 12.6. The van der Waals surface area contributed by atoms with Crippen LogP contribution in [0, 0.1) is 0 Å². The fraction of sp³-hybridized carbons (Fsp3) is 0.333. The Bertz CT molecular complexity index is 708. The van der Waals surface area contributed by atoms with Gasteiger partial charge in [0.25, 0.3) is 0 Å². The van der Waals surface area contributed by atoms with Gasteiger partial charge in [-0.25, -0.2) is 4.79 Å². The molecule has 0 amide bonds. The molecule has 0 saturated heterocycles. The Kier molecular flexibility index (Phi) is 4.75. The third-order valence-electron chi connectivity index (χ3n) is 3.21. The lowest BCUT2D eigenvalue weighted by molar-refractivity contribution is 0.0686. The van der Waals surface area contributed by atoms with Gasteiger partial charge in [0.05, 0.1) is 18.7 Å². The maximum atomic E-state index is 11.0. The molecule has 1 heterocycles. The average Bonchev–Trinajstić information content (AvgIpc) is 2.95. The van der Waals surface area contributed by atoms with Gasteiger partial charge in [0.1, 0.15) is 0 Å². The minimum absolute atomic E-state index is 0.102. The van der Waals surface area contributed by atoms with E-state index in [1.165, 1.54) is 6.07 Å². The summed E-state index contributed by atoms with van der Waals surface area (Å²) in [4.78, 5) is 11.0. The Hall–Kier alpha value is -2.02. The summed E-state index contributed by atoms with van der Waals surface area (Å²) in [5.41, 5.74) is 1.42. The van der Waals surface area contributed by atoms with Gasteiger partial charge >= 0.3 is 5.97 Å². The second-order valence-corrected chi connectivity index (χ2v) is 5.78. The van der Waals surface area contributed by atoms with Crippen molar-refractivity contribution in [2.24, 2.45) is 0 Å². The van der Waals surface area contributed by atoms with Crippen molar-refractivity contribution in [1.29, 1.82) is 0 Å². The molecule has 0 radical (unpaired) electrons. The number of hydrogen-bond acceptors (Lipinski definition) is 5. The Morgan fingerprint density at radius 1 is 1.27 bits per heavy atom. The first-order valence-electron chi connectivity index (χ1n) is 6.55. The van der Waals surface area contributed by atoms with Crippen molar-refractivity contribution in [1.82, 2.24) is 5.16 Å². The van der Waals surface area contributed by atoms with Crippen LogP contribution in [0.2, 0.25) is 0 Å². The minimum atomic E-state index is -1.14. The third kappa shape index (κ3) is 2.81. The van der Waals surface area contributed by atoms with Crippen molar-refractivity contribution in [2.45, 2.75) is 19.8 Å². The number of hydrogen-bond donors (Lipinski definition) is 1. The highest BCUT2D eigenvalue weighted by Gasteiger charge is 2.24. The Balaban J connectivity index is 2.73. The number of aromatic nitrogens is 1. The van der Waals surface area contributed by atoms with Crippen LogP contribution in [0.4, 0.5) is 0 Å². The van der Waals surface area contributed by atoms with Gasteiger partial charge in [-0.3, -0.25) is 0 Å². The van der Waals surface area contributed by atoms with E-state index in [2.05, 4.69) is 21.1 Å². The lowest BCUT2D eigenvalue weighted by Gasteiger charge is -2.19. The molecule has 6 nitrogen and oxygen atoms in total. The highest BCUT2D eigenvalue weighted by atomic mass is 79.9. The van der Waals surface area contributed by atoms with Crippen molar-refractivity contribution < 1.29 is 23.9 Å². The van der Waals surface area contributed by atoms with Crippen LogP contribution >= 0.6 is 15.9 Å². The third-order valence-corrected chi connectivity index (χ3v) is 3.80. The van der Waals surface area contributed by atoms with E-state index >= 15 is 0 Å². The molecule has 0 aliphatic carbocycles. The summed E-state index contributed by atoms with van der Waals surface area (Å²) in [7, 11) is 3.12. The number of nitrogens with zero attached hydrogens (tertiary/aromatic N) is 1. The zero-order chi connectivity index (χ0) is 16.4. The van der Waals surface area contributed by atoms with E-state index in [-0.39, 0.29) is 11.6 Å². The summed E-state index contributed by atoms with van der Waals surface area (Å²) < 4.78 is 16.7. The maximum Gasteiger partial charge on any atom is 0.358 e. The van der Waals surface area contributed by atoms with Gasteiger partial charge in [-0.05, 0) is 27.9 Å². The summed E-state index contributed by atoms with van der Waals surface area (Å²) >= 11 is 3.43. The number of ether oxygens (including phenoxy) is 2. The fourth-order valence-corrected chi connectivity index (χ4v) is 2.87. The smallest absolute Gasteiger partial charge is 0.358 e. The topological polar surface area (TPSA) is 81.8 Å². The second-order valence-electron chi connectivity index (χ2n) is 4.92. The van der Waals surface area contributed by atoms with Gasteiger partial charge in [0.15, 0.2) is 23.0 Å². The number of halogens is 1. The highest BCUT2D eigenvalue weighted by molar-refractivity contribution is 9.10. The van der Waals surface area contributed by atoms with Crippen molar-refractivity contribution >= 4 is 21.9 Å². The Morgan fingerprint density at radius 2 is 1.91 bits per heavy atom. The first kappa shape index (κ1) is 16.4. The number of aromatic carboxylic acids is 1. The molecule has 2 aromatic rings. The van der Waals surface area contributed by atoms with E-state index in [0.717, 1.165) is 5.56 Å². The monoisotopic (exact) mass is 369 g/mol. The van der Waals surface area contributed by atoms with Gasteiger partial charge in [-0.1, -0.05) is 19.0 Å².